The molecule has 0 fully saturated rings. The monoisotopic (exact) mass is 434 g/mol. The van der Waals surface area contributed by atoms with Crippen molar-refractivity contribution < 1.29 is 19.0 Å². The molecule has 0 aliphatic rings. The van der Waals surface area contributed by atoms with E-state index in [4.69, 9.17) is 14.2 Å². The molecule has 6 nitrogen and oxygen atoms in total. The lowest BCUT2D eigenvalue weighted by atomic mass is 10.1. The first-order valence-corrected chi connectivity index (χ1v) is 10.9. The molecule has 3 aromatic rings. The Hall–Kier alpha value is -3.38. The van der Waals surface area contributed by atoms with Crippen LogP contribution in [0.3, 0.4) is 0 Å². The van der Waals surface area contributed by atoms with Gasteiger partial charge in [-0.05, 0) is 75.7 Å². The number of hydrogen-bond acceptors (Lipinski definition) is 5. The van der Waals surface area contributed by atoms with Gasteiger partial charge in [0.25, 0.3) is 5.91 Å². The summed E-state index contributed by atoms with van der Waals surface area (Å²) in [5.74, 6) is 1.91. The van der Waals surface area contributed by atoms with Crippen molar-refractivity contribution in [3.05, 3.63) is 77.6 Å². The number of benzene rings is 2. The van der Waals surface area contributed by atoms with Crippen LogP contribution in [0.1, 0.15) is 55.0 Å². The first kappa shape index (κ1) is 23.3. The highest BCUT2D eigenvalue weighted by molar-refractivity contribution is 6.05. The summed E-state index contributed by atoms with van der Waals surface area (Å²) in [5.41, 5.74) is 2.70. The van der Waals surface area contributed by atoms with Gasteiger partial charge in [0.15, 0.2) is 0 Å². The molecule has 168 valence electrons. The molecule has 6 heteroatoms. The number of carbonyl (C=O) groups excluding carboxylic acids is 1. The van der Waals surface area contributed by atoms with Crippen LogP contribution in [0.5, 0.6) is 17.2 Å². The van der Waals surface area contributed by atoms with Gasteiger partial charge in [-0.3, -0.25) is 9.78 Å². The number of pyridine rings is 1. The molecule has 1 heterocycles. The molecular formula is C26H30N2O4. The highest BCUT2D eigenvalue weighted by atomic mass is 16.5. The molecule has 1 unspecified atom stereocenters. The van der Waals surface area contributed by atoms with Crippen LogP contribution in [0.15, 0.2) is 60.7 Å². The average molecular weight is 435 g/mol. The third kappa shape index (κ3) is 6.31. The summed E-state index contributed by atoms with van der Waals surface area (Å²) in [6.45, 7) is 9.08. The lowest BCUT2D eigenvalue weighted by Crippen LogP contribution is -2.15. The highest BCUT2D eigenvalue weighted by Gasteiger charge is 2.14. The molecule has 0 radical (unpaired) electrons. The van der Waals surface area contributed by atoms with Gasteiger partial charge in [0.1, 0.15) is 17.2 Å². The number of hydrogen-bond donors (Lipinski definition) is 1. The van der Waals surface area contributed by atoms with Crippen molar-refractivity contribution in [1.29, 1.82) is 0 Å². The molecule has 0 spiro atoms. The molecule has 1 N–H and O–H groups in total. The Bertz CT molecular complexity index is 1030. The number of nitrogens with one attached hydrogen (secondary N) is 1. The van der Waals surface area contributed by atoms with Gasteiger partial charge < -0.3 is 19.5 Å². The first-order valence-electron chi connectivity index (χ1n) is 10.9. The van der Waals surface area contributed by atoms with Crippen LogP contribution in [0, 0.1) is 6.92 Å². The van der Waals surface area contributed by atoms with E-state index in [9.17, 15) is 4.79 Å². The van der Waals surface area contributed by atoms with Gasteiger partial charge in [-0.15, -0.1) is 0 Å². The smallest absolute Gasteiger partial charge is 0.257 e. The molecule has 0 saturated carbocycles. The Morgan fingerprint density at radius 1 is 1.00 bits per heavy atom. The van der Waals surface area contributed by atoms with E-state index in [1.165, 1.54) is 0 Å². The van der Waals surface area contributed by atoms with Crippen molar-refractivity contribution in [2.45, 2.75) is 40.2 Å². The van der Waals surface area contributed by atoms with Crippen LogP contribution in [-0.2, 0) is 4.74 Å². The van der Waals surface area contributed by atoms with Gasteiger partial charge in [-0.1, -0.05) is 13.0 Å². The molecule has 32 heavy (non-hydrogen) atoms. The van der Waals surface area contributed by atoms with Gasteiger partial charge >= 0.3 is 0 Å². The molecule has 1 amide bonds. The minimum atomic E-state index is -0.207. The Balaban J connectivity index is 1.62. The second-order valence-electron chi connectivity index (χ2n) is 7.37. The predicted octanol–water partition coefficient (Wildman–Crippen LogP) is 6.32. The highest BCUT2D eigenvalue weighted by Crippen LogP contribution is 2.26. The fourth-order valence-corrected chi connectivity index (χ4v) is 3.16. The van der Waals surface area contributed by atoms with E-state index in [2.05, 4.69) is 17.2 Å². The molecular weight excluding hydrogens is 404 g/mol. The van der Waals surface area contributed by atoms with Gasteiger partial charge in [0, 0.05) is 18.4 Å². The molecule has 3 rings (SSSR count). The minimum absolute atomic E-state index is 0.104. The Morgan fingerprint density at radius 2 is 1.75 bits per heavy atom. The van der Waals surface area contributed by atoms with Gasteiger partial charge in [-0.25, -0.2) is 0 Å². The number of aromatic nitrogens is 1. The van der Waals surface area contributed by atoms with Gasteiger partial charge in [-0.2, -0.15) is 0 Å². The van der Waals surface area contributed by atoms with E-state index >= 15 is 0 Å². The third-order valence-corrected chi connectivity index (χ3v) is 4.80. The fourth-order valence-electron chi connectivity index (χ4n) is 3.16. The van der Waals surface area contributed by atoms with Crippen molar-refractivity contribution in [1.82, 2.24) is 4.98 Å². The molecule has 2 aromatic carbocycles. The number of amides is 1. The van der Waals surface area contributed by atoms with Crippen LogP contribution < -0.4 is 14.8 Å². The Kier molecular flexibility index (Phi) is 8.22. The second kappa shape index (κ2) is 11.3. The lowest BCUT2D eigenvalue weighted by molar-refractivity contribution is 0.0632. The zero-order valence-electron chi connectivity index (χ0n) is 19.1. The maximum absolute atomic E-state index is 12.7. The lowest BCUT2D eigenvalue weighted by Gasteiger charge is -2.14. The molecule has 0 aliphatic carbocycles. The van der Waals surface area contributed by atoms with E-state index in [0.29, 0.717) is 41.7 Å². The number of carbonyl (C=O) groups is 1. The summed E-state index contributed by atoms with van der Waals surface area (Å²) < 4.78 is 17.1. The van der Waals surface area contributed by atoms with Crippen molar-refractivity contribution >= 4 is 11.6 Å². The third-order valence-electron chi connectivity index (χ3n) is 4.80. The SMILES string of the molecule is CCCOC(C)c1ccc(C(=O)Nc2ccc(Oc3cccc(OCC)c3)cc2)c(C)n1. The molecule has 1 aromatic heterocycles. The molecule has 0 saturated heterocycles. The fraction of sp³-hybridized carbons (Fsp3) is 0.308. The number of aryl methyl sites for hydroxylation is 1. The summed E-state index contributed by atoms with van der Waals surface area (Å²) in [6.07, 6.45) is 0.848. The van der Waals surface area contributed by atoms with Crippen molar-refractivity contribution in [3.8, 4) is 17.2 Å². The predicted molar refractivity (Wildman–Crippen MR) is 126 cm³/mol. The molecule has 0 aliphatic heterocycles. The van der Waals surface area contributed by atoms with E-state index in [-0.39, 0.29) is 12.0 Å². The van der Waals surface area contributed by atoms with Crippen LogP contribution in [0.2, 0.25) is 0 Å². The zero-order chi connectivity index (χ0) is 22.9. The van der Waals surface area contributed by atoms with E-state index in [1.807, 2.05) is 63.2 Å². The largest absolute Gasteiger partial charge is 0.494 e. The number of ether oxygens (including phenoxy) is 3. The summed E-state index contributed by atoms with van der Waals surface area (Å²) in [5, 5.41) is 2.91. The maximum Gasteiger partial charge on any atom is 0.257 e. The van der Waals surface area contributed by atoms with Crippen LogP contribution in [0.25, 0.3) is 0 Å². The van der Waals surface area contributed by atoms with Gasteiger partial charge in [0.05, 0.1) is 29.7 Å². The Morgan fingerprint density at radius 3 is 2.44 bits per heavy atom. The zero-order valence-corrected chi connectivity index (χ0v) is 19.1. The standard InChI is InChI=1S/C26H30N2O4/c1-5-16-31-19(4)25-15-14-24(18(3)27-25)26(29)28-20-10-12-21(13-11-20)32-23-9-7-8-22(17-23)30-6-2/h7-15,17,19H,5-6,16H2,1-4H3,(H,28,29). The number of nitrogens with zero attached hydrogens (tertiary/aromatic N) is 1. The normalized spacial score (nSPS) is 11.6. The van der Waals surface area contributed by atoms with Crippen LogP contribution >= 0.6 is 0 Å². The van der Waals surface area contributed by atoms with E-state index in [1.54, 1.807) is 18.2 Å². The minimum Gasteiger partial charge on any atom is -0.494 e. The quantitative estimate of drug-likeness (QED) is 0.404. The van der Waals surface area contributed by atoms with Gasteiger partial charge in [0.2, 0.25) is 0 Å². The summed E-state index contributed by atoms with van der Waals surface area (Å²) in [4.78, 5) is 17.3. The van der Waals surface area contributed by atoms with Crippen LogP contribution in [-0.4, -0.2) is 24.1 Å². The van der Waals surface area contributed by atoms with E-state index in [0.717, 1.165) is 17.9 Å². The first-order chi connectivity index (χ1) is 15.5. The number of rotatable bonds is 10. The van der Waals surface area contributed by atoms with Crippen LogP contribution in [0.4, 0.5) is 5.69 Å². The summed E-state index contributed by atoms with van der Waals surface area (Å²) in [7, 11) is 0. The summed E-state index contributed by atoms with van der Waals surface area (Å²) in [6, 6.07) is 18.3. The van der Waals surface area contributed by atoms with Crippen molar-refractivity contribution in [2.75, 3.05) is 18.5 Å². The molecule has 1 atom stereocenters. The summed E-state index contributed by atoms with van der Waals surface area (Å²) >= 11 is 0. The second-order valence-corrected chi connectivity index (χ2v) is 7.37. The Labute approximate surface area is 189 Å². The van der Waals surface area contributed by atoms with Crippen molar-refractivity contribution in [2.24, 2.45) is 0 Å². The van der Waals surface area contributed by atoms with Crippen molar-refractivity contribution in [3.63, 3.8) is 0 Å². The topological polar surface area (TPSA) is 69.7 Å². The molecule has 0 bridgehead atoms. The average Bonchev–Trinajstić information content (AvgIpc) is 2.79. The number of anilines is 1. The maximum atomic E-state index is 12.7. The van der Waals surface area contributed by atoms with E-state index < -0.39 is 0 Å².